The van der Waals surface area contributed by atoms with Gasteiger partial charge in [-0.3, -0.25) is 9.59 Å². The van der Waals surface area contributed by atoms with Crippen LogP contribution in [0, 0.1) is 18.8 Å². The van der Waals surface area contributed by atoms with Crippen molar-refractivity contribution in [2.45, 2.75) is 59.2 Å². The van der Waals surface area contributed by atoms with Crippen LogP contribution < -0.4 is 10.9 Å². The van der Waals surface area contributed by atoms with Crippen LogP contribution in [0.15, 0.2) is 35.3 Å². The average Bonchev–Trinajstić information content (AvgIpc) is 3.16. The van der Waals surface area contributed by atoms with E-state index in [1.807, 2.05) is 32.0 Å². The maximum atomic E-state index is 11.9. The number of aryl methyl sites for hydroxylation is 1. The Labute approximate surface area is 199 Å². The average molecular weight is 467 g/mol. The molecule has 0 aliphatic carbocycles. The molecule has 1 atom stereocenters. The first-order valence-electron chi connectivity index (χ1n) is 12.0. The first kappa shape index (κ1) is 24.2. The number of ether oxygens (including phenoxy) is 1. The molecule has 3 N–H and O–H groups in total. The van der Waals surface area contributed by atoms with Gasteiger partial charge in [0.2, 0.25) is 0 Å². The molecule has 182 valence electrons. The Morgan fingerprint density at radius 2 is 2.06 bits per heavy atom. The van der Waals surface area contributed by atoms with Gasteiger partial charge in [0.1, 0.15) is 11.9 Å². The summed E-state index contributed by atoms with van der Waals surface area (Å²) in [6, 6.07) is 7.43. The lowest BCUT2D eigenvalue weighted by molar-refractivity contribution is -0.140. The number of rotatable bonds is 9. The molecule has 0 saturated carbocycles. The molecule has 0 bridgehead atoms. The second kappa shape index (κ2) is 10.5. The highest BCUT2D eigenvalue weighted by molar-refractivity contribution is 5.81. The number of carboxylic acid groups (broad SMARTS) is 1. The summed E-state index contributed by atoms with van der Waals surface area (Å²) in [5, 5.41) is 12.7. The molecule has 1 aromatic carbocycles. The Bertz CT molecular complexity index is 1210. The van der Waals surface area contributed by atoms with Crippen molar-refractivity contribution in [3.05, 3.63) is 51.9 Å². The van der Waals surface area contributed by atoms with Gasteiger partial charge in [0.05, 0.1) is 11.0 Å². The number of benzene rings is 1. The van der Waals surface area contributed by atoms with Gasteiger partial charge >= 0.3 is 5.97 Å². The van der Waals surface area contributed by atoms with Crippen molar-refractivity contribution in [3.63, 3.8) is 0 Å². The van der Waals surface area contributed by atoms with Crippen LogP contribution in [0.1, 0.15) is 44.2 Å². The number of fused-ring (bicyclic) bond motifs is 1. The van der Waals surface area contributed by atoms with Gasteiger partial charge in [-0.15, -0.1) is 0 Å². The zero-order chi connectivity index (χ0) is 24.2. The number of carboxylic acids is 1. The monoisotopic (exact) mass is 466 g/mol. The van der Waals surface area contributed by atoms with E-state index in [1.165, 1.54) is 0 Å². The van der Waals surface area contributed by atoms with E-state index in [0.717, 1.165) is 60.6 Å². The van der Waals surface area contributed by atoms with Crippen LogP contribution in [0.25, 0.3) is 22.4 Å². The minimum atomic E-state index is -0.828. The molecule has 34 heavy (non-hydrogen) atoms. The van der Waals surface area contributed by atoms with Gasteiger partial charge in [0.15, 0.2) is 0 Å². The van der Waals surface area contributed by atoms with Gasteiger partial charge < -0.3 is 24.7 Å². The van der Waals surface area contributed by atoms with Crippen LogP contribution in [-0.2, 0) is 22.6 Å². The van der Waals surface area contributed by atoms with Crippen molar-refractivity contribution in [2.24, 2.45) is 11.8 Å². The number of carbonyl (C=O) groups is 1. The SMILES string of the molecule is Cc1cc(-c2nc3cc(CN[C@@H](CC(C)C)C(=O)O)ccc3n2CC2CCOCC2)c[nH]c1=O. The standard InChI is InChI=1S/C26H34N4O4/c1-16(2)10-22(26(32)33)27-13-19-4-5-23-21(12-19)29-24(20-11-17(3)25(31)28-14-20)30(23)15-18-6-8-34-9-7-18/h4-5,11-12,14,16,18,22,27H,6-10,13,15H2,1-3H3,(H,28,31)(H,32,33)/t22-/m0/s1. The topological polar surface area (TPSA) is 109 Å². The van der Waals surface area contributed by atoms with Crippen LogP contribution in [0.3, 0.4) is 0 Å². The molecular formula is C26H34N4O4. The number of imidazole rings is 1. The van der Waals surface area contributed by atoms with Crippen molar-refractivity contribution in [1.82, 2.24) is 19.9 Å². The van der Waals surface area contributed by atoms with E-state index >= 15 is 0 Å². The number of aromatic amines is 1. The Hall–Kier alpha value is -2.97. The zero-order valence-electron chi connectivity index (χ0n) is 20.1. The Morgan fingerprint density at radius 3 is 2.74 bits per heavy atom. The van der Waals surface area contributed by atoms with Crippen LogP contribution in [-0.4, -0.2) is 44.9 Å². The molecule has 8 heteroatoms. The molecule has 3 heterocycles. The summed E-state index contributed by atoms with van der Waals surface area (Å²) in [5.74, 6) is 0.795. The third kappa shape index (κ3) is 5.56. The molecule has 2 aromatic heterocycles. The van der Waals surface area contributed by atoms with Crippen molar-refractivity contribution in [1.29, 1.82) is 0 Å². The van der Waals surface area contributed by atoms with E-state index in [4.69, 9.17) is 9.72 Å². The Morgan fingerprint density at radius 1 is 1.29 bits per heavy atom. The fourth-order valence-electron chi connectivity index (χ4n) is 4.59. The fraction of sp³-hybridized carbons (Fsp3) is 0.500. The summed E-state index contributed by atoms with van der Waals surface area (Å²) in [7, 11) is 0. The smallest absolute Gasteiger partial charge is 0.320 e. The number of aromatic nitrogens is 3. The van der Waals surface area contributed by atoms with E-state index in [2.05, 4.69) is 20.9 Å². The predicted molar refractivity (Wildman–Crippen MR) is 132 cm³/mol. The summed E-state index contributed by atoms with van der Waals surface area (Å²) >= 11 is 0. The van der Waals surface area contributed by atoms with Gasteiger partial charge in [-0.1, -0.05) is 19.9 Å². The molecule has 3 aromatic rings. The van der Waals surface area contributed by atoms with Gasteiger partial charge in [-0.05, 0) is 61.8 Å². The molecule has 0 unspecified atom stereocenters. The molecule has 4 rings (SSSR count). The lowest BCUT2D eigenvalue weighted by atomic mass is 10.00. The maximum Gasteiger partial charge on any atom is 0.320 e. The maximum absolute atomic E-state index is 11.9. The third-order valence-electron chi connectivity index (χ3n) is 6.50. The van der Waals surface area contributed by atoms with E-state index in [-0.39, 0.29) is 5.56 Å². The minimum absolute atomic E-state index is 0.0985. The van der Waals surface area contributed by atoms with Crippen molar-refractivity contribution < 1.29 is 14.6 Å². The molecule has 1 aliphatic rings. The van der Waals surface area contributed by atoms with Crippen LogP contribution >= 0.6 is 0 Å². The van der Waals surface area contributed by atoms with E-state index in [0.29, 0.717) is 30.4 Å². The summed E-state index contributed by atoms with van der Waals surface area (Å²) in [6.45, 7) is 8.69. The first-order valence-corrected chi connectivity index (χ1v) is 12.0. The first-order chi connectivity index (χ1) is 16.3. The van der Waals surface area contributed by atoms with Crippen LogP contribution in [0.5, 0.6) is 0 Å². The third-order valence-corrected chi connectivity index (χ3v) is 6.50. The Kier molecular flexibility index (Phi) is 7.48. The molecule has 1 fully saturated rings. The van der Waals surface area contributed by atoms with Gasteiger partial charge in [-0.25, -0.2) is 4.98 Å². The fourth-order valence-corrected chi connectivity index (χ4v) is 4.59. The number of nitrogens with one attached hydrogen (secondary N) is 2. The van der Waals surface area contributed by atoms with Gasteiger partial charge in [-0.2, -0.15) is 0 Å². The molecule has 1 aliphatic heterocycles. The van der Waals surface area contributed by atoms with E-state index in [1.54, 1.807) is 13.1 Å². The second-order valence-corrected chi connectivity index (χ2v) is 9.73. The number of nitrogens with zero attached hydrogens (tertiary/aromatic N) is 2. The minimum Gasteiger partial charge on any atom is -0.480 e. The highest BCUT2D eigenvalue weighted by Gasteiger charge is 2.21. The quantitative estimate of drug-likeness (QED) is 0.444. The lowest BCUT2D eigenvalue weighted by Gasteiger charge is -2.23. The molecule has 0 radical (unpaired) electrons. The highest BCUT2D eigenvalue weighted by atomic mass is 16.5. The van der Waals surface area contributed by atoms with Crippen molar-refractivity contribution >= 4 is 17.0 Å². The molecule has 0 spiro atoms. The largest absolute Gasteiger partial charge is 0.480 e. The predicted octanol–water partition coefficient (Wildman–Crippen LogP) is 3.72. The zero-order valence-corrected chi connectivity index (χ0v) is 20.1. The number of aliphatic carboxylic acids is 1. The summed E-state index contributed by atoms with van der Waals surface area (Å²) in [6.07, 6.45) is 4.33. The molecule has 1 saturated heterocycles. The second-order valence-electron chi connectivity index (χ2n) is 9.73. The summed E-state index contributed by atoms with van der Waals surface area (Å²) in [4.78, 5) is 31.3. The number of hydrogen-bond acceptors (Lipinski definition) is 5. The number of H-pyrrole nitrogens is 1. The highest BCUT2D eigenvalue weighted by Crippen LogP contribution is 2.28. The molecule has 0 amide bonds. The van der Waals surface area contributed by atoms with E-state index < -0.39 is 12.0 Å². The van der Waals surface area contributed by atoms with Crippen molar-refractivity contribution in [3.8, 4) is 11.4 Å². The van der Waals surface area contributed by atoms with Crippen molar-refractivity contribution in [2.75, 3.05) is 13.2 Å². The number of hydrogen-bond donors (Lipinski definition) is 3. The van der Waals surface area contributed by atoms with Crippen LogP contribution in [0.4, 0.5) is 0 Å². The van der Waals surface area contributed by atoms with Gasteiger partial charge in [0.25, 0.3) is 5.56 Å². The lowest BCUT2D eigenvalue weighted by Crippen LogP contribution is -2.37. The van der Waals surface area contributed by atoms with Crippen LogP contribution in [0.2, 0.25) is 0 Å². The summed E-state index contributed by atoms with van der Waals surface area (Å²) in [5.41, 5.74) is 4.31. The number of pyridine rings is 1. The summed E-state index contributed by atoms with van der Waals surface area (Å²) < 4.78 is 7.78. The molecule has 8 nitrogen and oxygen atoms in total. The normalized spacial score (nSPS) is 15.8. The Balaban J connectivity index is 1.67. The molecular weight excluding hydrogens is 432 g/mol. The van der Waals surface area contributed by atoms with Gasteiger partial charge in [0, 0.05) is 43.6 Å². The van der Waals surface area contributed by atoms with E-state index in [9.17, 15) is 14.7 Å².